The van der Waals surface area contributed by atoms with Crippen molar-refractivity contribution >= 4 is 21.5 Å². The molecule has 0 radical (unpaired) electrons. The molecule has 4 rings (SSSR count). The standard InChI is InChI=1S/C25H19F5O/c1-2-3-4-15-5-9-19-16(11-15)6-7-17-12-21(22(26)14-20(17)19)18-8-10-24(23(27)13-18)31-25(28,29)30/h5-14H,2-4H2,1H3. The molecule has 0 aliphatic rings. The van der Waals surface area contributed by atoms with Crippen molar-refractivity contribution < 1.29 is 26.7 Å². The summed E-state index contributed by atoms with van der Waals surface area (Å²) in [6, 6.07) is 15.8. The number of fused-ring (bicyclic) bond motifs is 3. The molecule has 0 N–H and O–H groups in total. The van der Waals surface area contributed by atoms with Crippen molar-refractivity contribution in [2.45, 2.75) is 32.5 Å². The summed E-state index contributed by atoms with van der Waals surface area (Å²) < 4.78 is 69.7. The molecule has 4 aromatic rings. The Labute approximate surface area is 176 Å². The second-order valence-electron chi connectivity index (χ2n) is 7.47. The Kier molecular flexibility index (Phi) is 5.56. The van der Waals surface area contributed by atoms with E-state index in [1.54, 1.807) is 6.07 Å². The maximum atomic E-state index is 14.9. The third kappa shape index (κ3) is 4.48. The lowest BCUT2D eigenvalue weighted by molar-refractivity contribution is -0.275. The van der Waals surface area contributed by atoms with Gasteiger partial charge in [-0.25, -0.2) is 8.78 Å². The van der Waals surface area contributed by atoms with Crippen molar-refractivity contribution in [3.05, 3.63) is 77.9 Å². The number of ether oxygens (including phenoxy) is 1. The van der Waals surface area contributed by atoms with Gasteiger partial charge in [-0.1, -0.05) is 49.7 Å². The predicted molar refractivity (Wildman–Crippen MR) is 112 cm³/mol. The van der Waals surface area contributed by atoms with E-state index in [0.717, 1.165) is 52.9 Å². The molecule has 0 heterocycles. The van der Waals surface area contributed by atoms with Gasteiger partial charge in [-0.15, -0.1) is 13.2 Å². The highest BCUT2D eigenvalue weighted by Gasteiger charge is 2.32. The molecule has 31 heavy (non-hydrogen) atoms. The van der Waals surface area contributed by atoms with Gasteiger partial charge >= 0.3 is 6.36 Å². The number of hydrogen-bond acceptors (Lipinski definition) is 1. The molecule has 0 amide bonds. The van der Waals surface area contributed by atoms with Crippen LogP contribution < -0.4 is 4.74 Å². The summed E-state index contributed by atoms with van der Waals surface area (Å²) in [6.07, 6.45) is -1.82. The van der Waals surface area contributed by atoms with Crippen LogP contribution in [0.3, 0.4) is 0 Å². The van der Waals surface area contributed by atoms with E-state index in [1.807, 2.05) is 24.3 Å². The van der Waals surface area contributed by atoms with Crippen LogP contribution in [0.15, 0.2) is 60.7 Å². The van der Waals surface area contributed by atoms with Gasteiger partial charge in [-0.2, -0.15) is 0 Å². The van der Waals surface area contributed by atoms with Crippen LogP contribution in [0.1, 0.15) is 25.3 Å². The number of unbranched alkanes of at least 4 members (excludes halogenated alkanes) is 1. The van der Waals surface area contributed by atoms with Crippen molar-refractivity contribution in [3.63, 3.8) is 0 Å². The summed E-state index contributed by atoms with van der Waals surface area (Å²) in [5, 5.41) is 3.38. The van der Waals surface area contributed by atoms with Crippen molar-refractivity contribution in [2.24, 2.45) is 0 Å². The average Bonchev–Trinajstić information content (AvgIpc) is 2.72. The van der Waals surface area contributed by atoms with E-state index in [4.69, 9.17) is 0 Å². The van der Waals surface area contributed by atoms with Crippen LogP contribution in [0, 0.1) is 11.6 Å². The second kappa shape index (κ2) is 8.17. The minimum atomic E-state index is -5.01. The Balaban J connectivity index is 1.75. The van der Waals surface area contributed by atoms with E-state index in [2.05, 4.69) is 17.7 Å². The quantitative estimate of drug-likeness (QED) is 0.229. The fourth-order valence-electron chi connectivity index (χ4n) is 3.77. The van der Waals surface area contributed by atoms with Crippen LogP contribution in [0.2, 0.25) is 0 Å². The molecule has 0 aliphatic heterocycles. The van der Waals surface area contributed by atoms with E-state index in [-0.39, 0.29) is 11.1 Å². The summed E-state index contributed by atoms with van der Waals surface area (Å²) in [4.78, 5) is 0. The van der Waals surface area contributed by atoms with Crippen molar-refractivity contribution in [2.75, 3.05) is 0 Å². The van der Waals surface area contributed by atoms with Crippen LogP contribution in [-0.2, 0) is 6.42 Å². The van der Waals surface area contributed by atoms with Gasteiger partial charge in [0.2, 0.25) is 0 Å². The lowest BCUT2D eigenvalue weighted by Crippen LogP contribution is -2.17. The molecule has 0 saturated carbocycles. The first-order valence-corrected chi connectivity index (χ1v) is 9.96. The van der Waals surface area contributed by atoms with Gasteiger partial charge in [0.15, 0.2) is 11.6 Å². The topological polar surface area (TPSA) is 9.23 Å². The number of halogens is 5. The first-order valence-electron chi connectivity index (χ1n) is 9.96. The molecule has 1 nitrogen and oxygen atoms in total. The Morgan fingerprint density at radius 1 is 0.774 bits per heavy atom. The van der Waals surface area contributed by atoms with E-state index in [1.165, 1.54) is 17.7 Å². The summed E-state index contributed by atoms with van der Waals surface area (Å²) in [5.74, 6) is -2.76. The van der Waals surface area contributed by atoms with Crippen LogP contribution >= 0.6 is 0 Å². The number of hydrogen-bond donors (Lipinski definition) is 0. The molecule has 0 bridgehead atoms. The van der Waals surface area contributed by atoms with E-state index < -0.39 is 23.7 Å². The van der Waals surface area contributed by atoms with Crippen LogP contribution in [0.25, 0.3) is 32.7 Å². The maximum Gasteiger partial charge on any atom is 0.573 e. The zero-order valence-corrected chi connectivity index (χ0v) is 16.7. The highest BCUT2D eigenvalue weighted by atomic mass is 19.4. The zero-order valence-electron chi connectivity index (χ0n) is 16.7. The van der Waals surface area contributed by atoms with Gasteiger partial charge in [0.25, 0.3) is 0 Å². The van der Waals surface area contributed by atoms with Gasteiger partial charge in [0.1, 0.15) is 5.82 Å². The van der Waals surface area contributed by atoms with Crippen molar-refractivity contribution in [1.29, 1.82) is 0 Å². The summed E-state index contributed by atoms with van der Waals surface area (Å²) in [5.41, 5.74) is 1.45. The summed E-state index contributed by atoms with van der Waals surface area (Å²) in [7, 11) is 0. The molecule has 0 spiro atoms. The minimum Gasteiger partial charge on any atom is -0.403 e. The van der Waals surface area contributed by atoms with Crippen molar-refractivity contribution in [1.82, 2.24) is 0 Å². The molecule has 0 aliphatic carbocycles. The molecular weight excluding hydrogens is 411 g/mol. The van der Waals surface area contributed by atoms with Crippen LogP contribution in [-0.4, -0.2) is 6.36 Å². The fourth-order valence-corrected chi connectivity index (χ4v) is 3.77. The average molecular weight is 430 g/mol. The SMILES string of the molecule is CCCCc1ccc2c(ccc3cc(-c4ccc(OC(F)(F)F)c(F)c4)c(F)cc32)c1. The Morgan fingerprint density at radius 2 is 1.52 bits per heavy atom. The molecule has 0 saturated heterocycles. The number of aryl methyl sites for hydroxylation is 1. The van der Waals surface area contributed by atoms with Gasteiger partial charge in [0, 0.05) is 5.56 Å². The highest BCUT2D eigenvalue weighted by Crippen LogP contribution is 2.35. The van der Waals surface area contributed by atoms with Crippen LogP contribution in [0.4, 0.5) is 22.0 Å². The molecule has 6 heteroatoms. The molecule has 0 unspecified atom stereocenters. The van der Waals surface area contributed by atoms with E-state index in [9.17, 15) is 22.0 Å². The normalized spacial score (nSPS) is 11.9. The monoisotopic (exact) mass is 430 g/mol. The Morgan fingerprint density at radius 3 is 2.19 bits per heavy atom. The van der Waals surface area contributed by atoms with Crippen molar-refractivity contribution in [3.8, 4) is 16.9 Å². The molecule has 0 fully saturated rings. The first kappa shape index (κ1) is 21.1. The Bertz CT molecular complexity index is 1260. The van der Waals surface area contributed by atoms with Gasteiger partial charge in [0.05, 0.1) is 0 Å². The maximum absolute atomic E-state index is 14.9. The minimum absolute atomic E-state index is 0.101. The lowest BCUT2D eigenvalue weighted by atomic mass is 9.95. The summed E-state index contributed by atoms with van der Waals surface area (Å²) >= 11 is 0. The zero-order chi connectivity index (χ0) is 22.2. The summed E-state index contributed by atoms with van der Waals surface area (Å²) in [6.45, 7) is 2.14. The fraction of sp³-hybridized carbons (Fsp3) is 0.200. The third-order valence-electron chi connectivity index (χ3n) is 5.28. The predicted octanol–water partition coefficient (Wildman–Crippen LogP) is 8.18. The largest absolute Gasteiger partial charge is 0.573 e. The smallest absolute Gasteiger partial charge is 0.403 e. The van der Waals surface area contributed by atoms with Crippen LogP contribution in [0.5, 0.6) is 5.75 Å². The molecule has 0 atom stereocenters. The molecule has 160 valence electrons. The lowest BCUT2D eigenvalue weighted by Gasteiger charge is -2.12. The van der Waals surface area contributed by atoms with Gasteiger partial charge < -0.3 is 4.74 Å². The number of alkyl halides is 3. The molecule has 4 aromatic carbocycles. The van der Waals surface area contributed by atoms with Gasteiger partial charge in [-0.3, -0.25) is 0 Å². The molecule has 0 aromatic heterocycles. The van der Waals surface area contributed by atoms with E-state index >= 15 is 0 Å². The first-order chi connectivity index (χ1) is 14.7. The highest BCUT2D eigenvalue weighted by molar-refractivity contribution is 6.08. The second-order valence-corrected chi connectivity index (χ2v) is 7.47. The Hall–Kier alpha value is -3.15. The van der Waals surface area contributed by atoms with E-state index in [0.29, 0.717) is 0 Å². The third-order valence-corrected chi connectivity index (χ3v) is 5.28. The number of rotatable bonds is 5. The molecular formula is C25H19F5O. The van der Waals surface area contributed by atoms with Gasteiger partial charge in [-0.05, 0) is 69.8 Å². The number of benzene rings is 4.